The number of hydrogen-bond donors (Lipinski definition) is 1. The monoisotopic (exact) mass is 313 g/mol. The molecule has 1 aliphatic carbocycles. The summed E-state index contributed by atoms with van der Waals surface area (Å²) < 4.78 is 6.31. The van der Waals surface area contributed by atoms with Crippen molar-refractivity contribution in [2.24, 2.45) is 11.8 Å². The Balaban J connectivity index is 2.07. The van der Waals surface area contributed by atoms with Crippen molar-refractivity contribution >= 4 is 15.9 Å². The minimum Gasteiger partial charge on any atom is -0.457 e. The molecule has 1 fully saturated rings. The van der Waals surface area contributed by atoms with Gasteiger partial charge in [0.15, 0.2) is 4.67 Å². The number of halogens is 1. The van der Waals surface area contributed by atoms with Crippen LogP contribution in [0.3, 0.4) is 0 Å². The second kappa shape index (κ2) is 6.76. The Labute approximate surface area is 119 Å². The van der Waals surface area contributed by atoms with Crippen molar-refractivity contribution in [3.05, 3.63) is 22.6 Å². The first-order valence-electron chi connectivity index (χ1n) is 7.18. The third-order valence-corrected chi connectivity index (χ3v) is 4.77. The van der Waals surface area contributed by atoms with Crippen molar-refractivity contribution in [3.63, 3.8) is 0 Å². The van der Waals surface area contributed by atoms with Gasteiger partial charge in [-0.05, 0) is 59.6 Å². The van der Waals surface area contributed by atoms with Crippen LogP contribution < -0.4 is 5.32 Å². The molecule has 2 rings (SSSR count). The van der Waals surface area contributed by atoms with Gasteiger partial charge in [0.2, 0.25) is 0 Å². The van der Waals surface area contributed by atoms with Gasteiger partial charge in [0.25, 0.3) is 0 Å². The average molecular weight is 314 g/mol. The van der Waals surface area contributed by atoms with Crippen LogP contribution in [0.25, 0.3) is 0 Å². The summed E-state index contributed by atoms with van der Waals surface area (Å²) in [5, 5.41) is 3.71. The highest BCUT2D eigenvalue weighted by molar-refractivity contribution is 9.10. The van der Waals surface area contributed by atoms with Crippen LogP contribution in [-0.4, -0.2) is 6.54 Å². The highest BCUT2D eigenvalue weighted by Gasteiger charge is 2.28. The lowest BCUT2D eigenvalue weighted by molar-refractivity contribution is 0.230. The first-order chi connectivity index (χ1) is 8.72. The molecule has 0 bridgehead atoms. The van der Waals surface area contributed by atoms with Gasteiger partial charge in [-0.3, -0.25) is 0 Å². The standard InChI is InChI=1S/C15H24BrNO/c1-3-9-17-14(13-8-10-18-15(13)16)12-6-4-11(2)5-7-12/h8,10-12,14,17H,3-7,9H2,1-2H3. The maximum absolute atomic E-state index is 5.41. The summed E-state index contributed by atoms with van der Waals surface area (Å²) >= 11 is 3.53. The average Bonchev–Trinajstić information content (AvgIpc) is 2.78. The summed E-state index contributed by atoms with van der Waals surface area (Å²) in [5.41, 5.74) is 1.29. The van der Waals surface area contributed by atoms with Gasteiger partial charge in [0.05, 0.1) is 6.26 Å². The van der Waals surface area contributed by atoms with Crippen molar-refractivity contribution < 1.29 is 4.42 Å². The SMILES string of the molecule is CCCNC(c1ccoc1Br)C1CCC(C)CC1. The molecule has 0 aliphatic heterocycles. The fraction of sp³-hybridized carbons (Fsp3) is 0.733. The van der Waals surface area contributed by atoms with Gasteiger partial charge >= 0.3 is 0 Å². The molecule has 3 heteroatoms. The largest absolute Gasteiger partial charge is 0.457 e. The van der Waals surface area contributed by atoms with Crippen LogP contribution in [0.4, 0.5) is 0 Å². The van der Waals surface area contributed by atoms with E-state index >= 15 is 0 Å². The number of furan rings is 1. The molecule has 0 saturated heterocycles. The molecule has 1 aliphatic rings. The van der Waals surface area contributed by atoms with E-state index < -0.39 is 0 Å². The second-order valence-electron chi connectivity index (χ2n) is 5.60. The normalized spacial score (nSPS) is 26.2. The van der Waals surface area contributed by atoms with Gasteiger partial charge in [0.1, 0.15) is 0 Å². The van der Waals surface area contributed by atoms with Gasteiger partial charge in [-0.2, -0.15) is 0 Å². The number of rotatable bonds is 5. The highest BCUT2D eigenvalue weighted by atomic mass is 79.9. The molecule has 1 N–H and O–H groups in total. The lowest BCUT2D eigenvalue weighted by atomic mass is 9.77. The molecule has 1 atom stereocenters. The van der Waals surface area contributed by atoms with E-state index in [4.69, 9.17) is 4.42 Å². The van der Waals surface area contributed by atoms with E-state index in [2.05, 4.69) is 41.2 Å². The zero-order valence-corrected chi connectivity index (χ0v) is 13.0. The first-order valence-corrected chi connectivity index (χ1v) is 7.98. The molecule has 18 heavy (non-hydrogen) atoms. The predicted molar refractivity (Wildman–Crippen MR) is 78.6 cm³/mol. The van der Waals surface area contributed by atoms with Crippen LogP contribution in [0, 0.1) is 11.8 Å². The van der Waals surface area contributed by atoms with Crippen LogP contribution >= 0.6 is 15.9 Å². The van der Waals surface area contributed by atoms with E-state index in [1.165, 1.54) is 37.7 Å². The van der Waals surface area contributed by atoms with Crippen molar-refractivity contribution in [2.45, 2.75) is 52.0 Å². The maximum Gasteiger partial charge on any atom is 0.173 e. The molecule has 0 radical (unpaired) electrons. The van der Waals surface area contributed by atoms with E-state index in [0.29, 0.717) is 6.04 Å². The zero-order chi connectivity index (χ0) is 13.0. The Bertz CT molecular complexity index is 355. The maximum atomic E-state index is 5.41. The summed E-state index contributed by atoms with van der Waals surface area (Å²) in [5.74, 6) is 1.66. The van der Waals surface area contributed by atoms with E-state index in [1.54, 1.807) is 6.26 Å². The minimum absolute atomic E-state index is 0.450. The van der Waals surface area contributed by atoms with Gasteiger partial charge in [0, 0.05) is 11.6 Å². The van der Waals surface area contributed by atoms with Gasteiger partial charge in [-0.15, -0.1) is 0 Å². The van der Waals surface area contributed by atoms with E-state index in [1.807, 2.05) is 0 Å². The summed E-state index contributed by atoms with van der Waals surface area (Å²) in [6.07, 6.45) is 8.36. The molecule has 2 nitrogen and oxygen atoms in total. The summed E-state index contributed by atoms with van der Waals surface area (Å²) in [7, 11) is 0. The third-order valence-electron chi connectivity index (χ3n) is 4.13. The van der Waals surface area contributed by atoms with Crippen LogP contribution in [0.5, 0.6) is 0 Å². The molecule has 102 valence electrons. The fourth-order valence-electron chi connectivity index (χ4n) is 2.98. The molecular weight excluding hydrogens is 290 g/mol. The van der Waals surface area contributed by atoms with Crippen molar-refractivity contribution in [2.75, 3.05) is 6.54 Å². The summed E-state index contributed by atoms with van der Waals surface area (Å²) in [6, 6.07) is 2.56. The van der Waals surface area contributed by atoms with E-state index in [-0.39, 0.29) is 0 Å². The third kappa shape index (κ3) is 3.39. The Morgan fingerprint density at radius 1 is 1.39 bits per heavy atom. The lowest BCUT2D eigenvalue weighted by Crippen LogP contribution is -2.31. The molecule has 1 heterocycles. The molecule has 0 aromatic carbocycles. The first kappa shape index (κ1) is 14.1. The Morgan fingerprint density at radius 2 is 2.11 bits per heavy atom. The van der Waals surface area contributed by atoms with E-state index in [0.717, 1.165) is 23.1 Å². The Kier molecular flexibility index (Phi) is 5.31. The minimum atomic E-state index is 0.450. The molecule has 1 saturated carbocycles. The highest BCUT2D eigenvalue weighted by Crippen LogP contribution is 2.39. The smallest absolute Gasteiger partial charge is 0.173 e. The number of nitrogens with one attached hydrogen (secondary N) is 1. The molecule has 1 aromatic heterocycles. The van der Waals surface area contributed by atoms with Crippen LogP contribution in [0.2, 0.25) is 0 Å². The van der Waals surface area contributed by atoms with Crippen molar-refractivity contribution in [1.29, 1.82) is 0 Å². The molecule has 0 amide bonds. The molecule has 1 unspecified atom stereocenters. The molecule has 1 aromatic rings. The fourth-order valence-corrected chi connectivity index (χ4v) is 3.46. The van der Waals surface area contributed by atoms with Crippen molar-refractivity contribution in [3.8, 4) is 0 Å². The Morgan fingerprint density at radius 3 is 2.67 bits per heavy atom. The van der Waals surface area contributed by atoms with E-state index in [9.17, 15) is 0 Å². The van der Waals surface area contributed by atoms with Gasteiger partial charge in [-0.25, -0.2) is 0 Å². The van der Waals surface area contributed by atoms with Crippen LogP contribution in [0.1, 0.15) is 57.6 Å². The number of hydrogen-bond acceptors (Lipinski definition) is 2. The van der Waals surface area contributed by atoms with Crippen molar-refractivity contribution in [1.82, 2.24) is 5.32 Å². The van der Waals surface area contributed by atoms with Crippen LogP contribution in [0.15, 0.2) is 21.4 Å². The van der Waals surface area contributed by atoms with Crippen LogP contribution in [-0.2, 0) is 0 Å². The Hall–Kier alpha value is -0.280. The van der Waals surface area contributed by atoms with Gasteiger partial charge < -0.3 is 9.73 Å². The molecular formula is C15H24BrNO. The lowest BCUT2D eigenvalue weighted by Gasteiger charge is -2.33. The summed E-state index contributed by atoms with van der Waals surface area (Å²) in [6.45, 7) is 5.67. The zero-order valence-electron chi connectivity index (χ0n) is 11.4. The summed E-state index contributed by atoms with van der Waals surface area (Å²) in [4.78, 5) is 0. The topological polar surface area (TPSA) is 25.2 Å². The quantitative estimate of drug-likeness (QED) is 0.835. The second-order valence-corrected chi connectivity index (χ2v) is 6.32. The predicted octanol–water partition coefficient (Wildman–Crippen LogP) is 4.91. The van der Waals surface area contributed by atoms with Gasteiger partial charge in [-0.1, -0.05) is 26.7 Å². The molecule has 0 spiro atoms.